The van der Waals surface area contributed by atoms with Crippen LogP contribution in [0.2, 0.25) is 0 Å². The van der Waals surface area contributed by atoms with Crippen LogP contribution in [-0.4, -0.2) is 49.3 Å². The topological polar surface area (TPSA) is 185 Å². The van der Waals surface area contributed by atoms with E-state index in [2.05, 4.69) is 10.6 Å². The fourth-order valence-corrected chi connectivity index (χ4v) is 0.0833. The SMILES string of the molecule is C.C.NCN[C-]=O.NCN[C-]=O.O=[C-]O.O=[C-]O.[Y]. The van der Waals surface area contributed by atoms with Gasteiger partial charge in [0.1, 0.15) is 0 Å². The van der Waals surface area contributed by atoms with Crippen molar-refractivity contribution in [3.63, 3.8) is 0 Å². The molecule has 11 heteroatoms. The predicted molar refractivity (Wildman–Crippen MR) is 65.9 cm³/mol. The second-order valence-corrected chi connectivity index (χ2v) is 1.15. The molecule has 1 radical (unpaired) electrons. The largest absolute Gasteiger partial charge is 0.665 e. The molecule has 0 aromatic rings. The van der Waals surface area contributed by atoms with Gasteiger partial charge in [0, 0.05) is 46.0 Å². The van der Waals surface area contributed by atoms with Crippen LogP contribution in [0.25, 0.3) is 0 Å². The van der Waals surface area contributed by atoms with E-state index in [1.165, 1.54) is 12.8 Å². The van der Waals surface area contributed by atoms with Crippen molar-refractivity contribution in [1.29, 1.82) is 0 Å². The van der Waals surface area contributed by atoms with Gasteiger partial charge in [-0.3, -0.25) is 0 Å². The molecular formula is C8H20N4O6Y-4. The summed E-state index contributed by atoms with van der Waals surface area (Å²) in [5.74, 6) is 0. The first kappa shape index (κ1) is 43.0. The Morgan fingerprint density at radius 3 is 0.947 bits per heavy atom. The molecule has 0 unspecified atom stereocenters. The van der Waals surface area contributed by atoms with Crippen molar-refractivity contribution < 1.29 is 62.1 Å². The Morgan fingerprint density at radius 2 is 0.947 bits per heavy atom. The molecule has 0 fully saturated rings. The third-order valence-electron chi connectivity index (χ3n) is 0.348. The van der Waals surface area contributed by atoms with Crippen molar-refractivity contribution in [2.24, 2.45) is 11.5 Å². The van der Waals surface area contributed by atoms with Crippen LogP contribution in [0.1, 0.15) is 14.9 Å². The van der Waals surface area contributed by atoms with Gasteiger partial charge in [-0.25, -0.2) is 0 Å². The molecule has 19 heavy (non-hydrogen) atoms. The molecule has 0 aliphatic rings. The van der Waals surface area contributed by atoms with Crippen molar-refractivity contribution >= 4 is 25.8 Å². The monoisotopic (exact) mass is 357 g/mol. The van der Waals surface area contributed by atoms with Crippen LogP contribution in [0.4, 0.5) is 0 Å². The number of nitrogens with one attached hydrogen (secondary N) is 2. The van der Waals surface area contributed by atoms with Crippen LogP contribution in [0.15, 0.2) is 0 Å². The average molecular weight is 357 g/mol. The fraction of sp³-hybridized carbons (Fsp3) is 0.500. The van der Waals surface area contributed by atoms with Crippen LogP contribution in [0, 0.1) is 0 Å². The van der Waals surface area contributed by atoms with E-state index in [-0.39, 0.29) is 60.9 Å². The second kappa shape index (κ2) is 89.7. The third-order valence-corrected chi connectivity index (χ3v) is 0.348. The number of hydrogen-bond donors (Lipinski definition) is 6. The van der Waals surface area contributed by atoms with Gasteiger partial charge in [-0.05, 0) is 0 Å². The Morgan fingerprint density at radius 1 is 0.789 bits per heavy atom. The molecule has 0 saturated heterocycles. The minimum Gasteiger partial charge on any atom is -0.665 e. The summed E-state index contributed by atoms with van der Waals surface area (Å²) in [6.45, 7) is 1.34. The zero-order valence-electron chi connectivity index (χ0n) is 8.67. The first-order valence-corrected chi connectivity index (χ1v) is 3.29. The van der Waals surface area contributed by atoms with Crippen molar-refractivity contribution in [2.45, 2.75) is 14.9 Å². The Labute approximate surface area is 138 Å². The molecule has 0 aliphatic carbocycles. The van der Waals surface area contributed by atoms with Gasteiger partial charge < -0.3 is 51.5 Å². The molecule has 0 aromatic heterocycles. The summed E-state index contributed by atoms with van der Waals surface area (Å²) < 4.78 is 0. The van der Waals surface area contributed by atoms with E-state index in [0.29, 0.717) is 12.9 Å². The van der Waals surface area contributed by atoms with Crippen LogP contribution in [-0.2, 0) is 51.9 Å². The number of aliphatic hydroxyl groups excluding tert-OH is 2. The molecule has 0 bridgehead atoms. The van der Waals surface area contributed by atoms with Crippen molar-refractivity contribution in [1.82, 2.24) is 10.6 Å². The van der Waals surface area contributed by atoms with Crippen LogP contribution in [0.5, 0.6) is 0 Å². The van der Waals surface area contributed by atoms with Crippen LogP contribution in [0.3, 0.4) is 0 Å². The molecule has 0 rings (SSSR count). The summed E-state index contributed by atoms with van der Waals surface area (Å²) in [5, 5.41) is 17.7. The zero-order chi connectivity index (χ0) is 13.7. The first-order chi connectivity index (χ1) is 7.66. The summed E-state index contributed by atoms with van der Waals surface area (Å²) in [6, 6.07) is 0. The molecule has 0 spiro atoms. The molecule has 2 amide bonds. The van der Waals surface area contributed by atoms with E-state index in [1.807, 2.05) is 0 Å². The maximum atomic E-state index is 9.09. The quantitative estimate of drug-likeness (QED) is 0.183. The summed E-state index contributed by atoms with van der Waals surface area (Å²) in [4.78, 5) is 34.6. The van der Waals surface area contributed by atoms with Gasteiger partial charge in [0.05, 0.1) is 0 Å². The number of rotatable bonds is 4. The molecule has 115 valence electrons. The van der Waals surface area contributed by atoms with Crippen LogP contribution < -0.4 is 22.1 Å². The predicted octanol–water partition coefficient (Wildman–Crippen LogP) is -2.39. The molecule has 0 atom stereocenters. The molecule has 0 saturated carbocycles. The summed E-state index contributed by atoms with van der Waals surface area (Å²) in [5.41, 5.74) is 9.53. The maximum Gasteiger partial charge on any atom is 0.0346 e. The second-order valence-electron chi connectivity index (χ2n) is 1.15. The Kier molecular flexibility index (Phi) is 203. The molecular weight excluding hydrogens is 337 g/mol. The van der Waals surface area contributed by atoms with Gasteiger partial charge in [-0.1, -0.05) is 27.8 Å². The van der Waals surface area contributed by atoms with E-state index >= 15 is 0 Å². The van der Waals surface area contributed by atoms with Gasteiger partial charge in [-0.15, -0.1) is 0 Å². The Balaban J connectivity index is -0.0000000197. The van der Waals surface area contributed by atoms with Crippen molar-refractivity contribution in [3.8, 4) is 0 Å². The molecule has 10 nitrogen and oxygen atoms in total. The van der Waals surface area contributed by atoms with Gasteiger partial charge >= 0.3 is 0 Å². The Bertz CT molecular complexity index is 137. The van der Waals surface area contributed by atoms with E-state index in [1.54, 1.807) is 0 Å². The van der Waals surface area contributed by atoms with Gasteiger partial charge in [-0.2, -0.15) is 12.8 Å². The number of amides is 2. The van der Waals surface area contributed by atoms with Gasteiger partial charge in [0.15, 0.2) is 0 Å². The minimum absolute atomic E-state index is 0. The zero-order valence-corrected chi connectivity index (χ0v) is 11.5. The smallest absolute Gasteiger partial charge is 0.0346 e. The maximum absolute atomic E-state index is 9.09. The molecule has 0 aromatic carbocycles. The number of carbonyl (C=O) groups excluding carboxylic acids is 2. The number of nitrogens with two attached hydrogens (primary N) is 2. The van der Waals surface area contributed by atoms with Crippen molar-refractivity contribution in [2.75, 3.05) is 13.3 Å². The van der Waals surface area contributed by atoms with E-state index in [9.17, 15) is 0 Å². The Hall–Kier alpha value is -1.10. The first-order valence-electron chi connectivity index (χ1n) is 3.29. The summed E-state index contributed by atoms with van der Waals surface area (Å²) in [6.07, 6.45) is 2.78. The summed E-state index contributed by atoms with van der Waals surface area (Å²) >= 11 is 0. The van der Waals surface area contributed by atoms with E-state index in [0.717, 1.165) is 0 Å². The molecule has 8 N–H and O–H groups in total. The third kappa shape index (κ3) is 445. The van der Waals surface area contributed by atoms with E-state index < -0.39 is 0 Å². The molecule has 0 aliphatic heterocycles. The van der Waals surface area contributed by atoms with Gasteiger partial charge in [0.2, 0.25) is 0 Å². The van der Waals surface area contributed by atoms with Gasteiger partial charge in [0.25, 0.3) is 0 Å². The summed E-state index contributed by atoms with van der Waals surface area (Å²) in [7, 11) is 0. The van der Waals surface area contributed by atoms with Crippen molar-refractivity contribution in [3.05, 3.63) is 0 Å². The van der Waals surface area contributed by atoms with E-state index in [4.69, 9.17) is 40.9 Å². The average Bonchev–Trinajstić information content (AvgIpc) is 2.23. The standard InChI is InChI=1S/2C2H5N2O.2CHO2.2CH4.Y/c2*3-1-4-2-5;2*2-1-3;;;/h2*1,3H2,(H,4,5);2*(H,2,3);2*1H4;/q4*-1;;;. The number of hydrogen-bond acceptors (Lipinski definition) is 6. The molecule has 0 heterocycles. The minimum atomic E-state index is 0. The normalized spacial score (nSPS) is 4.74. The fourth-order valence-electron chi connectivity index (χ4n) is 0.0833. The van der Waals surface area contributed by atoms with Crippen LogP contribution >= 0.6 is 0 Å².